The first-order valence-corrected chi connectivity index (χ1v) is 9.47. The molecular weight excluding hydrogens is 329 g/mol. The van der Waals surface area contributed by atoms with Gasteiger partial charge in [-0.3, -0.25) is 4.79 Å². The van der Waals surface area contributed by atoms with E-state index in [2.05, 4.69) is 4.90 Å². The largest absolute Gasteiger partial charge is 0.457 e. The van der Waals surface area contributed by atoms with Gasteiger partial charge in [-0.15, -0.1) is 0 Å². The Morgan fingerprint density at radius 3 is 2.65 bits per heavy atom. The molecule has 1 heterocycles. The second kappa shape index (κ2) is 7.58. The molecule has 1 aliphatic carbocycles. The summed E-state index contributed by atoms with van der Waals surface area (Å²) in [4.78, 5) is 15.4. The smallest absolute Gasteiger partial charge is 0.167 e. The Balaban J connectivity index is 1.43. The first-order valence-electron chi connectivity index (χ1n) is 9.47. The van der Waals surface area contributed by atoms with Crippen LogP contribution in [0, 0.1) is 17.7 Å². The van der Waals surface area contributed by atoms with Crippen LogP contribution in [0.15, 0.2) is 48.5 Å². The molecule has 1 saturated carbocycles. The van der Waals surface area contributed by atoms with Gasteiger partial charge in [0.2, 0.25) is 0 Å². The minimum Gasteiger partial charge on any atom is -0.457 e. The fraction of sp³-hybridized carbons (Fsp3) is 0.409. The maximum Gasteiger partial charge on any atom is 0.167 e. The highest BCUT2D eigenvalue weighted by atomic mass is 19.1. The Morgan fingerprint density at radius 1 is 1.08 bits per heavy atom. The molecule has 0 spiro atoms. The summed E-state index contributed by atoms with van der Waals surface area (Å²) in [5.74, 6) is 2.00. The van der Waals surface area contributed by atoms with Crippen LogP contribution in [0.1, 0.15) is 36.0 Å². The lowest BCUT2D eigenvalue weighted by Gasteiger charge is -2.32. The third-order valence-electron chi connectivity index (χ3n) is 5.26. The van der Waals surface area contributed by atoms with E-state index in [1.807, 2.05) is 18.2 Å². The van der Waals surface area contributed by atoms with Crippen LogP contribution in [-0.4, -0.2) is 30.3 Å². The van der Waals surface area contributed by atoms with Crippen LogP contribution in [0.5, 0.6) is 11.5 Å². The summed E-state index contributed by atoms with van der Waals surface area (Å²) in [5, 5.41) is 0. The number of piperidine rings is 1. The quantitative estimate of drug-likeness (QED) is 0.690. The highest BCUT2D eigenvalue weighted by Gasteiger charge is 2.30. The lowest BCUT2D eigenvalue weighted by Crippen LogP contribution is -2.39. The van der Waals surface area contributed by atoms with E-state index in [1.165, 1.54) is 25.0 Å². The number of likely N-dealkylation sites (tertiary alicyclic amines) is 1. The number of hydrogen-bond donors (Lipinski definition) is 0. The molecule has 4 heteroatoms. The Bertz CT molecular complexity index is 770. The van der Waals surface area contributed by atoms with Gasteiger partial charge >= 0.3 is 0 Å². The lowest BCUT2D eigenvalue weighted by molar-refractivity contribution is 0.0814. The molecule has 3 nitrogen and oxygen atoms in total. The molecule has 1 saturated heterocycles. The van der Waals surface area contributed by atoms with E-state index < -0.39 is 0 Å². The Hall–Kier alpha value is -2.20. The molecule has 2 fully saturated rings. The van der Waals surface area contributed by atoms with Crippen LogP contribution in [0.3, 0.4) is 0 Å². The molecule has 136 valence electrons. The normalized spacial score (nSPS) is 20.7. The zero-order chi connectivity index (χ0) is 17.9. The Labute approximate surface area is 153 Å². The minimum atomic E-state index is -0.297. The van der Waals surface area contributed by atoms with Crippen molar-refractivity contribution in [1.29, 1.82) is 0 Å². The van der Waals surface area contributed by atoms with Gasteiger partial charge in [-0.05, 0) is 74.5 Å². The molecule has 0 bridgehead atoms. The fourth-order valence-electron chi connectivity index (χ4n) is 3.69. The molecule has 2 aromatic carbocycles. The molecule has 4 rings (SSSR count). The van der Waals surface area contributed by atoms with Crippen molar-refractivity contribution in [2.45, 2.75) is 25.7 Å². The monoisotopic (exact) mass is 353 g/mol. The minimum absolute atomic E-state index is 0.0728. The third kappa shape index (κ3) is 4.31. The predicted molar refractivity (Wildman–Crippen MR) is 99.1 cm³/mol. The molecule has 0 amide bonds. The van der Waals surface area contributed by atoms with Gasteiger partial charge in [-0.1, -0.05) is 12.1 Å². The number of Topliss-reactive ketones (excluding diaryl/α,β-unsaturated/α-hetero) is 1. The SMILES string of the molecule is O=C(c1cccc(Oc2ccc(F)cc2)c1)C1CCCN(CC2CC2)C1. The second-order valence-electron chi connectivity index (χ2n) is 7.49. The lowest BCUT2D eigenvalue weighted by atomic mass is 9.90. The van der Waals surface area contributed by atoms with Gasteiger partial charge < -0.3 is 9.64 Å². The highest BCUT2D eigenvalue weighted by Crippen LogP contribution is 2.32. The average Bonchev–Trinajstić information content (AvgIpc) is 3.47. The maximum absolute atomic E-state index is 13.0. The first kappa shape index (κ1) is 17.2. The van der Waals surface area contributed by atoms with Crippen molar-refractivity contribution in [2.75, 3.05) is 19.6 Å². The molecule has 0 aromatic heterocycles. The van der Waals surface area contributed by atoms with Gasteiger partial charge in [-0.2, -0.15) is 0 Å². The second-order valence-corrected chi connectivity index (χ2v) is 7.49. The topological polar surface area (TPSA) is 29.5 Å². The van der Waals surface area contributed by atoms with E-state index in [0.29, 0.717) is 17.1 Å². The molecule has 26 heavy (non-hydrogen) atoms. The van der Waals surface area contributed by atoms with Gasteiger partial charge in [0.25, 0.3) is 0 Å². The van der Waals surface area contributed by atoms with Crippen LogP contribution < -0.4 is 4.74 Å². The first-order chi connectivity index (χ1) is 12.7. The van der Waals surface area contributed by atoms with Crippen molar-refractivity contribution >= 4 is 5.78 Å². The van der Waals surface area contributed by atoms with E-state index in [-0.39, 0.29) is 17.5 Å². The number of nitrogens with zero attached hydrogens (tertiary/aromatic N) is 1. The summed E-state index contributed by atoms with van der Waals surface area (Å²) in [6.45, 7) is 3.14. The molecule has 2 aliphatic rings. The van der Waals surface area contributed by atoms with Crippen molar-refractivity contribution < 1.29 is 13.9 Å². The van der Waals surface area contributed by atoms with Crippen molar-refractivity contribution in [3.63, 3.8) is 0 Å². The summed E-state index contributed by atoms with van der Waals surface area (Å²) in [6.07, 6.45) is 4.74. The molecule has 1 aliphatic heterocycles. The van der Waals surface area contributed by atoms with E-state index in [1.54, 1.807) is 18.2 Å². The van der Waals surface area contributed by atoms with Gasteiger partial charge in [0.1, 0.15) is 17.3 Å². The number of carbonyl (C=O) groups excluding carboxylic acids is 1. The third-order valence-corrected chi connectivity index (χ3v) is 5.26. The maximum atomic E-state index is 13.0. The standard InChI is InChI=1S/C22H24FNO2/c23-19-8-10-20(11-9-19)26-21-5-1-3-17(13-21)22(25)18-4-2-12-24(15-18)14-16-6-7-16/h1,3,5,8-11,13,16,18H,2,4,6-7,12,14-15H2. The fourth-order valence-corrected chi connectivity index (χ4v) is 3.69. The number of carbonyl (C=O) groups is 1. The van der Waals surface area contributed by atoms with Crippen LogP contribution in [0.2, 0.25) is 0 Å². The van der Waals surface area contributed by atoms with Crippen LogP contribution in [0.4, 0.5) is 4.39 Å². The van der Waals surface area contributed by atoms with Crippen molar-refractivity contribution in [3.05, 3.63) is 59.9 Å². The predicted octanol–water partition coefficient (Wildman–Crippen LogP) is 4.92. The van der Waals surface area contributed by atoms with Gasteiger partial charge in [0.05, 0.1) is 0 Å². The van der Waals surface area contributed by atoms with Gasteiger partial charge in [0, 0.05) is 24.6 Å². The molecule has 2 aromatic rings. The molecule has 0 N–H and O–H groups in total. The van der Waals surface area contributed by atoms with E-state index >= 15 is 0 Å². The molecular formula is C22H24FNO2. The molecule has 1 unspecified atom stereocenters. The summed E-state index contributed by atoms with van der Waals surface area (Å²) in [5.41, 5.74) is 0.697. The summed E-state index contributed by atoms with van der Waals surface area (Å²) < 4.78 is 18.8. The van der Waals surface area contributed by atoms with Gasteiger partial charge in [-0.25, -0.2) is 4.39 Å². The van der Waals surface area contributed by atoms with E-state index in [9.17, 15) is 9.18 Å². The number of halogens is 1. The molecule has 0 radical (unpaired) electrons. The van der Waals surface area contributed by atoms with Gasteiger partial charge in [0.15, 0.2) is 5.78 Å². The van der Waals surface area contributed by atoms with E-state index in [4.69, 9.17) is 4.74 Å². The number of ketones is 1. The van der Waals surface area contributed by atoms with Crippen molar-refractivity contribution in [1.82, 2.24) is 4.90 Å². The number of hydrogen-bond acceptors (Lipinski definition) is 3. The summed E-state index contributed by atoms with van der Waals surface area (Å²) in [6, 6.07) is 13.2. The van der Waals surface area contributed by atoms with Crippen LogP contribution in [0.25, 0.3) is 0 Å². The Morgan fingerprint density at radius 2 is 1.88 bits per heavy atom. The van der Waals surface area contributed by atoms with E-state index in [0.717, 1.165) is 38.4 Å². The zero-order valence-electron chi connectivity index (χ0n) is 14.9. The molecule has 1 atom stereocenters. The number of benzene rings is 2. The summed E-state index contributed by atoms with van der Waals surface area (Å²) >= 11 is 0. The van der Waals surface area contributed by atoms with Crippen LogP contribution in [-0.2, 0) is 0 Å². The van der Waals surface area contributed by atoms with Crippen LogP contribution >= 0.6 is 0 Å². The van der Waals surface area contributed by atoms with Crippen molar-refractivity contribution in [2.24, 2.45) is 11.8 Å². The average molecular weight is 353 g/mol. The Kier molecular flexibility index (Phi) is 5.02. The summed E-state index contributed by atoms with van der Waals surface area (Å²) in [7, 11) is 0. The zero-order valence-corrected chi connectivity index (χ0v) is 14.9. The highest BCUT2D eigenvalue weighted by molar-refractivity contribution is 5.98. The number of rotatable bonds is 6. The van der Waals surface area contributed by atoms with Crippen molar-refractivity contribution in [3.8, 4) is 11.5 Å². The number of ether oxygens (including phenoxy) is 1.